The smallest absolute Gasteiger partial charge is 0.261 e. The molecule has 2 aromatic carbocycles. The summed E-state index contributed by atoms with van der Waals surface area (Å²) < 4.78 is 27.6. The second-order valence-corrected chi connectivity index (χ2v) is 7.98. The minimum Gasteiger partial charge on any atom is -0.356 e. The van der Waals surface area contributed by atoms with E-state index < -0.39 is 10.0 Å². The van der Waals surface area contributed by atoms with E-state index in [1.54, 1.807) is 12.1 Å². The first-order chi connectivity index (χ1) is 13.3. The predicted octanol–water partition coefficient (Wildman–Crippen LogP) is 2.44. The van der Waals surface area contributed by atoms with E-state index >= 15 is 0 Å². The first kappa shape index (κ1) is 21.4. The maximum atomic E-state index is 12.5. The van der Waals surface area contributed by atoms with Gasteiger partial charge in [0, 0.05) is 25.1 Å². The molecule has 0 saturated heterocycles. The van der Waals surface area contributed by atoms with E-state index in [1.807, 2.05) is 26.0 Å². The Kier molecular flexibility index (Phi) is 7.57. The first-order valence-electron chi connectivity index (χ1n) is 9.07. The van der Waals surface area contributed by atoms with E-state index in [-0.39, 0.29) is 29.7 Å². The summed E-state index contributed by atoms with van der Waals surface area (Å²) in [4.78, 5) is 23.7. The molecule has 0 fully saturated rings. The average molecular weight is 404 g/mol. The summed E-state index contributed by atoms with van der Waals surface area (Å²) in [6.07, 6.45) is 1.05. The lowest BCUT2D eigenvalue weighted by Crippen LogP contribution is -2.31. The molecule has 0 saturated carbocycles. The lowest BCUT2D eigenvalue weighted by molar-refractivity contribution is -0.120. The van der Waals surface area contributed by atoms with Gasteiger partial charge < -0.3 is 10.6 Å². The van der Waals surface area contributed by atoms with E-state index in [2.05, 4.69) is 15.4 Å². The molecule has 28 heavy (non-hydrogen) atoms. The normalized spacial score (nSPS) is 10.9. The number of hydrogen-bond donors (Lipinski definition) is 3. The minimum atomic E-state index is -3.75. The molecular weight excluding hydrogens is 378 g/mol. The van der Waals surface area contributed by atoms with E-state index in [0.717, 1.165) is 12.0 Å². The van der Waals surface area contributed by atoms with Crippen LogP contribution in [0.5, 0.6) is 0 Å². The van der Waals surface area contributed by atoms with E-state index in [1.165, 1.54) is 24.3 Å². The third kappa shape index (κ3) is 6.09. The number of nitrogens with one attached hydrogen (secondary N) is 3. The standard InChI is InChI=1S/C20H25N3O4S/c1-3-13-21-19(24)12-14-22-20(25)16-8-10-17(11-9-16)28(26,27)23-18-7-5-4-6-15(18)2/h4-11,23H,3,12-14H2,1-2H3,(H,21,24)(H,22,25). The van der Waals surface area contributed by atoms with Crippen LogP contribution in [0.1, 0.15) is 35.7 Å². The van der Waals surface area contributed by atoms with Gasteiger partial charge in [0.05, 0.1) is 10.6 Å². The fourth-order valence-electron chi connectivity index (χ4n) is 2.42. The Hall–Kier alpha value is -2.87. The lowest BCUT2D eigenvalue weighted by Gasteiger charge is -2.11. The van der Waals surface area contributed by atoms with Gasteiger partial charge in [-0.05, 0) is 49.2 Å². The van der Waals surface area contributed by atoms with Gasteiger partial charge in [0.25, 0.3) is 15.9 Å². The molecule has 0 heterocycles. The number of carbonyl (C=O) groups is 2. The fraction of sp³-hybridized carbons (Fsp3) is 0.300. The maximum absolute atomic E-state index is 12.5. The molecule has 0 bridgehead atoms. The molecular formula is C20H25N3O4S. The van der Waals surface area contributed by atoms with Crippen molar-refractivity contribution < 1.29 is 18.0 Å². The minimum absolute atomic E-state index is 0.0613. The van der Waals surface area contributed by atoms with Crippen molar-refractivity contribution in [3.63, 3.8) is 0 Å². The molecule has 2 rings (SSSR count). The highest BCUT2D eigenvalue weighted by atomic mass is 32.2. The number of benzene rings is 2. The van der Waals surface area contributed by atoms with Crippen molar-refractivity contribution >= 4 is 27.5 Å². The Morgan fingerprint density at radius 2 is 1.61 bits per heavy atom. The number of carbonyl (C=O) groups excluding carboxylic acids is 2. The largest absolute Gasteiger partial charge is 0.356 e. The third-order valence-corrected chi connectivity index (χ3v) is 5.41. The molecule has 3 N–H and O–H groups in total. The van der Waals surface area contributed by atoms with Gasteiger partial charge in [-0.1, -0.05) is 25.1 Å². The van der Waals surface area contributed by atoms with Crippen LogP contribution in [0.25, 0.3) is 0 Å². The van der Waals surface area contributed by atoms with Gasteiger partial charge in [-0.3, -0.25) is 14.3 Å². The van der Waals surface area contributed by atoms with Gasteiger partial charge in [-0.2, -0.15) is 0 Å². The van der Waals surface area contributed by atoms with Crippen molar-refractivity contribution in [1.82, 2.24) is 10.6 Å². The zero-order chi connectivity index (χ0) is 20.6. The highest BCUT2D eigenvalue weighted by Crippen LogP contribution is 2.19. The highest BCUT2D eigenvalue weighted by molar-refractivity contribution is 7.92. The highest BCUT2D eigenvalue weighted by Gasteiger charge is 2.16. The summed E-state index contributed by atoms with van der Waals surface area (Å²) in [5.74, 6) is -0.482. The third-order valence-electron chi connectivity index (χ3n) is 4.03. The van der Waals surface area contributed by atoms with Gasteiger partial charge in [0.15, 0.2) is 0 Å². The molecule has 0 spiro atoms. The number of para-hydroxylation sites is 1. The molecule has 0 aliphatic rings. The summed E-state index contributed by atoms with van der Waals surface area (Å²) in [6.45, 7) is 4.60. The number of rotatable bonds is 9. The van der Waals surface area contributed by atoms with Crippen LogP contribution in [-0.2, 0) is 14.8 Å². The maximum Gasteiger partial charge on any atom is 0.261 e. The summed E-state index contributed by atoms with van der Waals surface area (Å²) in [5.41, 5.74) is 1.64. The monoisotopic (exact) mass is 403 g/mol. The molecule has 0 aliphatic carbocycles. The Balaban J connectivity index is 1.95. The molecule has 150 valence electrons. The van der Waals surface area contributed by atoms with Crippen molar-refractivity contribution in [2.75, 3.05) is 17.8 Å². The Morgan fingerprint density at radius 1 is 0.929 bits per heavy atom. The number of sulfonamides is 1. The van der Waals surface area contributed by atoms with Crippen LogP contribution in [0.3, 0.4) is 0 Å². The molecule has 0 atom stereocenters. The molecule has 0 aliphatic heterocycles. The van der Waals surface area contributed by atoms with Crippen LogP contribution >= 0.6 is 0 Å². The second-order valence-electron chi connectivity index (χ2n) is 6.30. The van der Waals surface area contributed by atoms with Gasteiger partial charge in [0.1, 0.15) is 0 Å². The van der Waals surface area contributed by atoms with Gasteiger partial charge in [-0.15, -0.1) is 0 Å². The van der Waals surface area contributed by atoms with Crippen molar-refractivity contribution in [3.8, 4) is 0 Å². The zero-order valence-electron chi connectivity index (χ0n) is 16.0. The lowest BCUT2D eigenvalue weighted by atomic mass is 10.2. The molecule has 0 radical (unpaired) electrons. The molecule has 2 amide bonds. The van der Waals surface area contributed by atoms with Crippen LogP contribution in [0.15, 0.2) is 53.4 Å². The van der Waals surface area contributed by atoms with Gasteiger partial charge >= 0.3 is 0 Å². The van der Waals surface area contributed by atoms with Crippen LogP contribution in [0.2, 0.25) is 0 Å². The van der Waals surface area contributed by atoms with Crippen molar-refractivity contribution in [3.05, 3.63) is 59.7 Å². The summed E-state index contributed by atoms with van der Waals surface area (Å²) in [6, 6.07) is 12.7. The first-order valence-corrected chi connectivity index (χ1v) is 10.5. The second kappa shape index (κ2) is 9.89. The van der Waals surface area contributed by atoms with Crippen molar-refractivity contribution in [1.29, 1.82) is 0 Å². The molecule has 2 aromatic rings. The van der Waals surface area contributed by atoms with E-state index in [4.69, 9.17) is 0 Å². The number of anilines is 1. The van der Waals surface area contributed by atoms with Crippen LogP contribution in [-0.4, -0.2) is 33.3 Å². The molecule has 8 heteroatoms. The topological polar surface area (TPSA) is 104 Å². The van der Waals surface area contributed by atoms with Crippen LogP contribution in [0, 0.1) is 6.92 Å². The van der Waals surface area contributed by atoms with Crippen molar-refractivity contribution in [2.45, 2.75) is 31.6 Å². The Morgan fingerprint density at radius 3 is 2.25 bits per heavy atom. The van der Waals surface area contributed by atoms with E-state index in [9.17, 15) is 18.0 Å². The number of hydrogen-bond acceptors (Lipinski definition) is 4. The molecule has 0 aromatic heterocycles. The Labute approximate surface area is 165 Å². The molecule has 7 nitrogen and oxygen atoms in total. The predicted molar refractivity (Wildman–Crippen MR) is 109 cm³/mol. The Bertz CT molecular complexity index is 925. The molecule has 0 unspecified atom stereocenters. The van der Waals surface area contributed by atoms with Gasteiger partial charge in [0.2, 0.25) is 5.91 Å². The SMILES string of the molecule is CCCNC(=O)CCNC(=O)c1ccc(S(=O)(=O)Nc2ccccc2C)cc1. The summed E-state index contributed by atoms with van der Waals surface area (Å²) >= 11 is 0. The quantitative estimate of drug-likeness (QED) is 0.598. The fourth-order valence-corrected chi connectivity index (χ4v) is 3.55. The average Bonchev–Trinajstić information content (AvgIpc) is 2.68. The summed E-state index contributed by atoms with van der Waals surface area (Å²) in [7, 11) is -3.75. The number of aryl methyl sites for hydroxylation is 1. The zero-order valence-corrected chi connectivity index (χ0v) is 16.8. The summed E-state index contributed by atoms with van der Waals surface area (Å²) in [5, 5.41) is 5.38. The number of amides is 2. The van der Waals surface area contributed by atoms with Gasteiger partial charge in [-0.25, -0.2) is 8.42 Å². The van der Waals surface area contributed by atoms with Crippen LogP contribution < -0.4 is 15.4 Å². The van der Waals surface area contributed by atoms with Crippen molar-refractivity contribution in [2.24, 2.45) is 0 Å². The van der Waals surface area contributed by atoms with Crippen LogP contribution in [0.4, 0.5) is 5.69 Å². The van der Waals surface area contributed by atoms with E-state index in [0.29, 0.717) is 17.8 Å².